The molecule has 2 heteroatoms. The fourth-order valence-electron chi connectivity index (χ4n) is 8.31. The molecule has 0 saturated carbocycles. The highest BCUT2D eigenvalue weighted by atomic mass is 14.4. The van der Waals surface area contributed by atoms with Crippen LogP contribution in [-0.4, -0.2) is 13.4 Å². The molecule has 0 aromatic heterocycles. The molecule has 0 atom stereocenters. The van der Waals surface area contributed by atoms with Crippen LogP contribution in [0, 0.1) is 0 Å². The molecule has 53 heavy (non-hydrogen) atoms. The number of fused-ring (bicyclic) bond motifs is 3. The molecular weight excluding hydrogens is 634 g/mol. The first-order valence-corrected chi connectivity index (χ1v) is 19.0. The van der Waals surface area contributed by atoms with E-state index in [1.54, 1.807) is 0 Å². The van der Waals surface area contributed by atoms with Crippen LogP contribution in [0.4, 0.5) is 0 Å². The Kier molecular flexibility index (Phi) is 9.17. The second-order valence-electron chi connectivity index (χ2n) is 16.2. The second-order valence-corrected chi connectivity index (χ2v) is 16.2. The van der Waals surface area contributed by atoms with E-state index >= 15 is 0 Å². The fourth-order valence-corrected chi connectivity index (χ4v) is 8.31. The van der Waals surface area contributed by atoms with E-state index < -0.39 is 0 Å². The standard InChI is InChI=1S/C51H46B2/c1-50(2,3)39-26-30-44(31-27-39)52(40-15-9-6-10-16-40)43-28-23-37(24-29-43)21-22-38-25-33-46-47-34-32-45(36-49(47)51(4,5)48(46)35-38)53(41-17-11-7-12-18-41)42-19-13-8-14-20-42/h6-36H,1-5H3/b22-21+. The second kappa shape index (κ2) is 14.1. The third kappa shape index (κ3) is 6.87. The lowest BCUT2D eigenvalue weighted by atomic mass is 9.36. The van der Waals surface area contributed by atoms with Crippen LogP contribution in [-0.2, 0) is 10.8 Å². The summed E-state index contributed by atoms with van der Waals surface area (Å²) in [4.78, 5) is 0. The summed E-state index contributed by atoms with van der Waals surface area (Å²) in [5.41, 5.74) is 17.2. The molecule has 0 unspecified atom stereocenters. The predicted molar refractivity (Wildman–Crippen MR) is 233 cm³/mol. The van der Waals surface area contributed by atoms with E-state index in [0.717, 1.165) is 0 Å². The van der Waals surface area contributed by atoms with Crippen molar-refractivity contribution in [1.29, 1.82) is 0 Å². The Hall–Kier alpha value is -5.59. The predicted octanol–water partition coefficient (Wildman–Crippen LogP) is 8.49. The van der Waals surface area contributed by atoms with Crippen molar-refractivity contribution in [3.63, 3.8) is 0 Å². The monoisotopic (exact) mass is 680 g/mol. The Morgan fingerprint density at radius 2 is 0.774 bits per heavy atom. The van der Waals surface area contributed by atoms with Gasteiger partial charge in [0.25, 0.3) is 0 Å². The topological polar surface area (TPSA) is 0 Å². The minimum atomic E-state index is -0.109. The number of benzene rings is 7. The Morgan fingerprint density at radius 1 is 0.396 bits per heavy atom. The molecule has 0 radical (unpaired) electrons. The Labute approximate surface area is 317 Å². The molecular formula is C51H46B2. The van der Waals surface area contributed by atoms with E-state index in [-0.39, 0.29) is 24.3 Å². The minimum Gasteiger partial charge on any atom is -0.0687 e. The average Bonchev–Trinajstić information content (AvgIpc) is 3.41. The molecule has 256 valence electrons. The molecule has 0 saturated heterocycles. The van der Waals surface area contributed by atoms with E-state index in [1.165, 1.54) is 71.7 Å². The van der Waals surface area contributed by atoms with Gasteiger partial charge in [0.2, 0.25) is 13.4 Å². The van der Waals surface area contributed by atoms with Crippen LogP contribution in [0.25, 0.3) is 23.3 Å². The Bertz CT molecular complexity index is 2330. The van der Waals surface area contributed by atoms with Crippen molar-refractivity contribution in [1.82, 2.24) is 0 Å². The van der Waals surface area contributed by atoms with Crippen LogP contribution in [0.5, 0.6) is 0 Å². The molecule has 7 aromatic carbocycles. The summed E-state index contributed by atoms with van der Waals surface area (Å²) in [7, 11) is 0. The van der Waals surface area contributed by atoms with Crippen LogP contribution in [0.3, 0.4) is 0 Å². The quantitative estimate of drug-likeness (QED) is 0.112. The van der Waals surface area contributed by atoms with E-state index in [4.69, 9.17) is 0 Å². The summed E-state index contributed by atoms with van der Waals surface area (Å²) in [5.74, 6) is 0. The molecule has 7 aromatic rings. The lowest BCUT2D eigenvalue weighted by Crippen LogP contribution is -2.52. The van der Waals surface area contributed by atoms with Crippen molar-refractivity contribution in [3.8, 4) is 11.1 Å². The summed E-state index contributed by atoms with van der Waals surface area (Å²) < 4.78 is 0. The van der Waals surface area contributed by atoms with E-state index in [0.29, 0.717) is 0 Å². The zero-order chi connectivity index (χ0) is 36.6. The number of rotatable bonds is 8. The third-order valence-electron chi connectivity index (χ3n) is 11.3. The molecule has 8 rings (SSSR count). The van der Waals surface area contributed by atoms with Crippen molar-refractivity contribution in [2.24, 2.45) is 0 Å². The molecule has 1 aliphatic carbocycles. The summed E-state index contributed by atoms with van der Waals surface area (Å²) in [6.07, 6.45) is 4.51. The Morgan fingerprint density at radius 3 is 1.28 bits per heavy atom. The highest BCUT2D eigenvalue weighted by Gasteiger charge is 2.36. The normalized spacial score (nSPS) is 13.1. The van der Waals surface area contributed by atoms with Crippen molar-refractivity contribution in [2.45, 2.75) is 45.4 Å². The lowest BCUT2D eigenvalue weighted by molar-refractivity contribution is 0.590. The SMILES string of the molecule is CC(C)(C)c1ccc(B(c2ccccc2)c2ccc(/C=C/c3ccc4c(c3)C(C)(C)c3cc(B(c5ccccc5)c5ccccc5)ccc3-4)cc2)cc1. The summed E-state index contributed by atoms with van der Waals surface area (Å²) in [6.45, 7) is 11.9. The van der Waals surface area contributed by atoms with Crippen LogP contribution < -0.4 is 32.8 Å². The molecule has 0 aliphatic heterocycles. The molecule has 0 spiro atoms. The number of hydrogen-bond acceptors (Lipinski definition) is 0. The van der Waals surface area contributed by atoms with Crippen LogP contribution >= 0.6 is 0 Å². The maximum Gasteiger partial charge on any atom is 0.241 e. The van der Waals surface area contributed by atoms with E-state index in [9.17, 15) is 0 Å². The van der Waals surface area contributed by atoms with Gasteiger partial charge in [-0.1, -0.05) is 255 Å². The van der Waals surface area contributed by atoms with Crippen LogP contribution in [0.15, 0.2) is 176 Å². The zero-order valence-electron chi connectivity index (χ0n) is 31.6. The zero-order valence-corrected chi connectivity index (χ0v) is 31.6. The summed E-state index contributed by atoms with van der Waals surface area (Å²) in [5, 5.41) is 0. The first-order chi connectivity index (χ1) is 25.7. The fraction of sp³-hybridized carbons (Fsp3) is 0.137. The number of hydrogen-bond donors (Lipinski definition) is 0. The molecule has 0 heterocycles. The highest BCUT2D eigenvalue weighted by molar-refractivity contribution is 6.96. The molecule has 0 bridgehead atoms. The van der Waals surface area contributed by atoms with Gasteiger partial charge in [0.1, 0.15) is 0 Å². The molecule has 0 fully saturated rings. The van der Waals surface area contributed by atoms with Gasteiger partial charge < -0.3 is 0 Å². The van der Waals surface area contributed by atoms with Gasteiger partial charge in [0.05, 0.1) is 0 Å². The third-order valence-corrected chi connectivity index (χ3v) is 11.3. The minimum absolute atomic E-state index is 0.109. The first-order valence-electron chi connectivity index (χ1n) is 19.0. The highest BCUT2D eigenvalue weighted by Crippen LogP contribution is 2.48. The summed E-state index contributed by atoms with van der Waals surface area (Å²) in [6, 6.07) is 65.2. The van der Waals surface area contributed by atoms with Gasteiger partial charge in [-0.15, -0.1) is 0 Å². The van der Waals surface area contributed by atoms with Crippen molar-refractivity contribution < 1.29 is 0 Å². The van der Waals surface area contributed by atoms with Gasteiger partial charge >= 0.3 is 0 Å². The average molecular weight is 681 g/mol. The van der Waals surface area contributed by atoms with Crippen LogP contribution in [0.2, 0.25) is 0 Å². The van der Waals surface area contributed by atoms with Gasteiger partial charge in [-0.05, 0) is 44.4 Å². The van der Waals surface area contributed by atoms with Crippen molar-refractivity contribution in [2.75, 3.05) is 0 Å². The Balaban J connectivity index is 1.06. The maximum absolute atomic E-state index is 2.47. The van der Waals surface area contributed by atoms with Crippen LogP contribution in [0.1, 0.15) is 62.4 Å². The molecule has 1 aliphatic rings. The molecule has 0 nitrogen and oxygen atoms in total. The van der Waals surface area contributed by atoms with Crippen molar-refractivity contribution in [3.05, 3.63) is 204 Å². The smallest absolute Gasteiger partial charge is 0.0687 e. The van der Waals surface area contributed by atoms with Gasteiger partial charge in [-0.2, -0.15) is 0 Å². The maximum atomic E-state index is 2.47. The molecule has 0 amide bonds. The first kappa shape index (κ1) is 34.5. The van der Waals surface area contributed by atoms with Gasteiger partial charge in [-0.3, -0.25) is 0 Å². The van der Waals surface area contributed by atoms with Crippen molar-refractivity contribution >= 4 is 58.4 Å². The van der Waals surface area contributed by atoms with Gasteiger partial charge in [-0.25, -0.2) is 0 Å². The van der Waals surface area contributed by atoms with Gasteiger partial charge in [0.15, 0.2) is 0 Å². The molecule has 0 N–H and O–H groups in total. The largest absolute Gasteiger partial charge is 0.241 e. The lowest BCUT2D eigenvalue weighted by Gasteiger charge is -2.24. The van der Waals surface area contributed by atoms with Gasteiger partial charge in [0, 0.05) is 5.41 Å². The van der Waals surface area contributed by atoms with E-state index in [1.807, 2.05) is 0 Å². The summed E-state index contributed by atoms with van der Waals surface area (Å²) >= 11 is 0. The van der Waals surface area contributed by atoms with E-state index in [2.05, 4.69) is 223 Å².